The van der Waals surface area contributed by atoms with Gasteiger partial charge in [-0.1, -0.05) is 11.6 Å². The molecule has 0 spiro atoms. The fourth-order valence-corrected chi connectivity index (χ4v) is 7.17. The zero-order valence-corrected chi connectivity index (χ0v) is 22.6. The van der Waals surface area contributed by atoms with Crippen molar-refractivity contribution < 1.29 is 29.0 Å². The predicted octanol–water partition coefficient (Wildman–Crippen LogP) is 3.63. The third-order valence-corrected chi connectivity index (χ3v) is 8.56. The van der Waals surface area contributed by atoms with Gasteiger partial charge in [0.05, 0.1) is 30.8 Å². The van der Waals surface area contributed by atoms with E-state index < -0.39 is 40.7 Å². The fraction of sp³-hybridized carbons (Fsp3) is 0.586. The predicted molar refractivity (Wildman–Crippen MR) is 135 cm³/mol. The number of likely N-dealkylation sites (tertiary alicyclic amines) is 2. The Morgan fingerprint density at radius 1 is 0.811 bits per heavy atom. The van der Waals surface area contributed by atoms with Crippen molar-refractivity contribution in [2.24, 2.45) is 29.6 Å². The Morgan fingerprint density at radius 3 is 1.95 bits per heavy atom. The average molecular weight is 509 g/mol. The molecule has 6 atom stereocenters. The molecule has 0 unspecified atom stereocenters. The Balaban J connectivity index is 1.68. The van der Waals surface area contributed by atoms with E-state index in [0.717, 1.165) is 5.57 Å². The van der Waals surface area contributed by atoms with Gasteiger partial charge in [0.15, 0.2) is 0 Å². The molecule has 2 aliphatic carbocycles. The van der Waals surface area contributed by atoms with Crippen LogP contribution in [0.5, 0.6) is 11.5 Å². The Hall–Kier alpha value is -3.16. The minimum absolute atomic E-state index is 0.00724. The maximum absolute atomic E-state index is 13.9. The van der Waals surface area contributed by atoms with Gasteiger partial charge >= 0.3 is 0 Å². The van der Waals surface area contributed by atoms with E-state index in [9.17, 15) is 24.3 Å². The summed E-state index contributed by atoms with van der Waals surface area (Å²) in [6.45, 7) is 11.1. The highest BCUT2D eigenvalue weighted by atomic mass is 16.5. The van der Waals surface area contributed by atoms with Crippen molar-refractivity contribution in [2.45, 2.75) is 71.4 Å². The molecule has 3 fully saturated rings. The van der Waals surface area contributed by atoms with Crippen molar-refractivity contribution in [3.05, 3.63) is 35.4 Å². The molecule has 5 rings (SSSR count). The summed E-state index contributed by atoms with van der Waals surface area (Å²) >= 11 is 0. The van der Waals surface area contributed by atoms with Crippen molar-refractivity contribution in [1.82, 2.24) is 9.80 Å². The van der Waals surface area contributed by atoms with E-state index in [1.165, 1.54) is 23.0 Å². The normalized spacial score (nSPS) is 31.8. The molecule has 4 aliphatic rings. The first-order valence-corrected chi connectivity index (χ1v) is 13.0. The molecular weight excluding hydrogens is 472 g/mol. The molecule has 2 heterocycles. The van der Waals surface area contributed by atoms with Crippen molar-refractivity contribution >= 4 is 23.6 Å². The van der Waals surface area contributed by atoms with Gasteiger partial charge in [-0.15, -0.1) is 0 Å². The molecule has 37 heavy (non-hydrogen) atoms. The van der Waals surface area contributed by atoms with Crippen LogP contribution < -0.4 is 4.74 Å². The molecule has 8 heteroatoms. The van der Waals surface area contributed by atoms with Crippen LogP contribution in [0.25, 0.3) is 0 Å². The van der Waals surface area contributed by atoms with E-state index in [0.29, 0.717) is 24.2 Å². The number of nitrogens with zero attached hydrogens (tertiary/aromatic N) is 2. The lowest BCUT2D eigenvalue weighted by Gasteiger charge is -2.44. The monoisotopic (exact) mass is 508 g/mol. The Bertz CT molecular complexity index is 1240. The van der Waals surface area contributed by atoms with Crippen LogP contribution in [-0.4, -0.2) is 56.7 Å². The minimum Gasteiger partial charge on any atom is -0.508 e. The molecular formula is C29H36N2O6. The van der Waals surface area contributed by atoms with Crippen LogP contribution >= 0.6 is 0 Å². The highest BCUT2D eigenvalue weighted by molar-refractivity contribution is 6.08. The van der Waals surface area contributed by atoms with Gasteiger partial charge in [-0.25, -0.2) is 0 Å². The molecule has 0 radical (unpaired) electrons. The molecule has 1 saturated carbocycles. The number of aromatic hydroxyl groups is 1. The number of amides is 4. The molecule has 4 amide bonds. The maximum Gasteiger partial charge on any atom is 0.234 e. The number of fused-ring (bicyclic) bond motifs is 4. The van der Waals surface area contributed by atoms with Gasteiger partial charge in [0.25, 0.3) is 0 Å². The summed E-state index contributed by atoms with van der Waals surface area (Å²) in [5.41, 5.74) is -0.00307. The molecule has 8 nitrogen and oxygen atoms in total. The van der Waals surface area contributed by atoms with Gasteiger partial charge in [0.1, 0.15) is 11.5 Å². The van der Waals surface area contributed by atoms with Crippen LogP contribution in [0.1, 0.15) is 65.9 Å². The van der Waals surface area contributed by atoms with Gasteiger partial charge < -0.3 is 9.84 Å². The standard InChI is InChI=1S/C29H36N2O6/c1-28(2,3)30-24(33)16-10-9-15-17(22(16)26(30)35)13-19-23(27(36)31(25(19)34)29(4,5)6)21(15)18-12-14(37-7)8-11-20(18)32/h8-9,11-12,16-17,19,21-23,32H,10,13H2,1-7H3/t16-,17+,19+,21+,22-,23+/m0/s1. The number of imide groups is 2. The van der Waals surface area contributed by atoms with Crippen LogP contribution in [0.3, 0.4) is 0 Å². The zero-order chi connectivity index (χ0) is 27.2. The lowest BCUT2D eigenvalue weighted by Crippen LogP contribution is -2.47. The first-order chi connectivity index (χ1) is 17.2. The molecule has 1 N–H and O–H groups in total. The Kier molecular flexibility index (Phi) is 5.63. The second-order valence-electron chi connectivity index (χ2n) is 12.8. The first kappa shape index (κ1) is 25.5. The number of hydrogen-bond donors (Lipinski definition) is 1. The van der Waals surface area contributed by atoms with Crippen LogP contribution in [0, 0.1) is 29.6 Å². The van der Waals surface area contributed by atoms with Gasteiger partial charge in [0.2, 0.25) is 23.6 Å². The lowest BCUT2D eigenvalue weighted by molar-refractivity contribution is -0.147. The van der Waals surface area contributed by atoms with E-state index in [2.05, 4.69) is 0 Å². The smallest absolute Gasteiger partial charge is 0.234 e. The van der Waals surface area contributed by atoms with E-state index in [1.54, 1.807) is 12.1 Å². The molecule has 1 aromatic carbocycles. The molecule has 198 valence electrons. The molecule has 2 saturated heterocycles. The number of ether oxygens (including phenoxy) is 1. The largest absolute Gasteiger partial charge is 0.508 e. The summed E-state index contributed by atoms with van der Waals surface area (Å²) in [6.07, 6.45) is 2.70. The summed E-state index contributed by atoms with van der Waals surface area (Å²) < 4.78 is 5.43. The van der Waals surface area contributed by atoms with E-state index in [4.69, 9.17) is 4.74 Å². The third kappa shape index (κ3) is 3.62. The summed E-state index contributed by atoms with van der Waals surface area (Å²) in [5, 5.41) is 11.0. The van der Waals surface area contributed by atoms with Crippen molar-refractivity contribution in [3.63, 3.8) is 0 Å². The summed E-state index contributed by atoms with van der Waals surface area (Å²) in [5.74, 6) is -3.76. The number of allylic oxidation sites excluding steroid dienone is 2. The quantitative estimate of drug-likeness (QED) is 0.483. The van der Waals surface area contributed by atoms with Crippen molar-refractivity contribution in [1.29, 1.82) is 0 Å². The van der Waals surface area contributed by atoms with E-state index >= 15 is 0 Å². The van der Waals surface area contributed by atoms with Crippen LogP contribution in [-0.2, 0) is 19.2 Å². The van der Waals surface area contributed by atoms with Gasteiger partial charge in [-0.2, -0.15) is 0 Å². The Labute approximate surface area is 217 Å². The lowest BCUT2D eigenvalue weighted by atomic mass is 9.57. The molecule has 2 aliphatic heterocycles. The number of phenols is 1. The minimum atomic E-state index is -0.712. The fourth-order valence-electron chi connectivity index (χ4n) is 7.17. The SMILES string of the molecule is COc1ccc(O)c([C@H]2C3=CC[C@@H]4C(=O)N(C(C)(C)C)C(=O)[C@@H]4[C@@H]3C[C@H]3C(=O)N(C(C)(C)C)C(=O)[C@@H]23)c1. The number of methoxy groups -OCH3 is 1. The summed E-state index contributed by atoms with van der Waals surface area (Å²) in [7, 11) is 1.53. The van der Waals surface area contributed by atoms with E-state index in [-0.39, 0.29) is 35.3 Å². The molecule has 1 aromatic rings. The number of benzene rings is 1. The van der Waals surface area contributed by atoms with Gasteiger partial charge in [-0.05, 0) is 78.5 Å². The van der Waals surface area contributed by atoms with E-state index in [1.807, 2.05) is 47.6 Å². The average Bonchev–Trinajstić information content (AvgIpc) is 3.21. The number of hydrogen-bond acceptors (Lipinski definition) is 6. The second-order valence-corrected chi connectivity index (χ2v) is 12.8. The van der Waals surface area contributed by atoms with Gasteiger partial charge in [0, 0.05) is 22.6 Å². The number of carbonyl (C=O) groups excluding carboxylic acids is 4. The van der Waals surface area contributed by atoms with Crippen LogP contribution in [0.4, 0.5) is 0 Å². The van der Waals surface area contributed by atoms with Crippen molar-refractivity contribution in [3.8, 4) is 11.5 Å². The maximum atomic E-state index is 13.9. The second kappa shape index (κ2) is 8.17. The number of phenolic OH excluding ortho intramolecular Hbond substituents is 1. The van der Waals surface area contributed by atoms with Gasteiger partial charge in [-0.3, -0.25) is 29.0 Å². The first-order valence-electron chi connectivity index (χ1n) is 13.0. The topological polar surface area (TPSA) is 104 Å². The highest BCUT2D eigenvalue weighted by Gasteiger charge is 2.63. The number of carbonyl (C=O) groups is 4. The highest BCUT2D eigenvalue weighted by Crippen LogP contribution is 2.59. The molecule has 0 bridgehead atoms. The summed E-state index contributed by atoms with van der Waals surface area (Å²) in [6, 6.07) is 4.89. The zero-order valence-electron chi connectivity index (χ0n) is 22.6. The third-order valence-electron chi connectivity index (χ3n) is 8.56. The molecule has 0 aromatic heterocycles. The van der Waals surface area contributed by atoms with Crippen LogP contribution in [0.15, 0.2) is 29.8 Å². The Morgan fingerprint density at radius 2 is 1.38 bits per heavy atom. The van der Waals surface area contributed by atoms with Crippen molar-refractivity contribution in [2.75, 3.05) is 7.11 Å². The summed E-state index contributed by atoms with van der Waals surface area (Å²) in [4.78, 5) is 57.5. The number of rotatable bonds is 2. The van der Waals surface area contributed by atoms with Crippen LogP contribution in [0.2, 0.25) is 0 Å².